The number of aromatic nitrogens is 2. The summed E-state index contributed by atoms with van der Waals surface area (Å²) >= 11 is 1.55. The lowest BCUT2D eigenvalue weighted by atomic mass is 9.85. The van der Waals surface area contributed by atoms with E-state index in [9.17, 15) is 47.5 Å². The zero-order chi connectivity index (χ0) is 54.3. The maximum Gasteiger partial charge on any atom is 0.420 e. The zero-order valence-corrected chi connectivity index (χ0v) is 42.6. The molecule has 0 unspecified atom stereocenters. The maximum absolute atomic E-state index is 15.5. The third-order valence-electron chi connectivity index (χ3n) is 12.4. The molecule has 0 spiro atoms. The quantitative estimate of drug-likeness (QED) is 0.0543. The van der Waals surface area contributed by atoms with E-state index in [0.29, 0.717) is 37.4 Å². The van der Waals surface area contributed by atoms with E-state index in [-0.39, 0.29) is 62.3 Å². The molecule has 2 aliphatic heterocycles. The third-order valence-corrected chi connectivity index (χ3v) is 13.3. The fraction of sp³-hybridized carbons (Fsp3) is 0.451. The van der Waals surface area contributed by atoms with Crippen LogP contribution >= 0.6 is 11.3 Å². The first-order chi connectivity index (χ1) is 34.9. The Morgan fingerprint density at radius 2 is 1.70 bits per heavy atom. The molecule has 74 heavy (non-hydrogen) atoms. The number of carbonyl (C=O) groups excluding carboxylic acids is 5. The van der Waals surface area contributed by atoms with Gasteiger partial charge in [-0.3, -0.25) is 28.9 Å². The van der Waals surface area contributed by atoms with Crippen molar-refractivity contribution in [3.05, 3.63) is 100 Å². The summed E-state index contributed by atoms with van der Waals surface area (Å²) in [7, 11) is 0. The number of anilines is 2. The fourth-order valence-corrected chi connectivity index (χ4v) is 9.39. The Hall–Kier alpha value is -7.00. The molecule has 18 nitrogen and oxygen atoms in total. The van der Waals surface area contributed by atoms with Gasteiger partial charge in [-0.25, -0.2) is 14.4 Å². The van der Waals surface area contributed by atoms with E-state index >= 15 is 4.39 Å². The number of unbranched alkanes of at least 4 members (excludes halogenated alkanes) is 1. The number of carbonyl (C=O) groups is 5. The Morgan fingerprint density at radius 3 is 2.34 bits per heavy atom. The molecule has 2 aromatic carbocycles. The smallest absolute Gasteiger partial charge is 0.420 e. The van der Waals surface area contributed by atoms with E-state index in [2.05, 4.69) is 27.2 Å². The molecule has 2 aromatic heterocycles. The van der Waals surface area contributed by atoms with E-state index in [0.717, 1.165) is 33.8 Å². The van der Waals surface area contributed by atoms with Gasteiger partial charge in [-0.15, -0.1) is 11.3 Å². The standard InChI is InChI=1S/C51H59F4N9O9S/c1-29-42(74-28-60-29)32-13-11-31(12-14-32)24-58-45(68)38-22-35(65)26-62(38)47(69)43(49(3,4)5)61-39(66)27-72-19-10-18-71-17-8-9-20-73-46-36(44(57)67)21-34(25-59-46)64-30(2)63(48(70)50(64,6)7)37-16-15-33(23-56)40(41(37)52)51(53,54)55/h11-16,21,25,28,35,38,43,65H,2,8-10,17-20,22,24,26-27H2,1,3-7H3,(H2,57,67)(H,58,68)(H,61,66)/t35-,38+,43-/m1/s1. The summed E-state index contributed by atoms with van der Waals surface area (Å²) in [4.78, 5) is 79.5. The summed E-state index contributed by atoms with van der Waals surface area (Å²) in [6.07, 6.45) is -3.42. The number of nitrogens with one attached hydrogen (secondary N) is 2. The van der Waals surface area contributed by atoms with Crippen LogP contribution in [0.5, 0.6) is 5.88 Å². The van der Waals surface area contributed by atoms with Crippen molar-refractivity contribution in [3.8, 4) is 22.4 Å². The van der Waals surface area contributed by atoms with E-state index in [1.54, 1.807) is 37.6 Å². The van der Waals surface area contributed by atoms with Crippen molar-refractivity contribution in [1.82, 2.24) is 25.5 Å². The molecule has 6 rings (SSSR count). The van der Waals surface area contributed by atoms with Crippen LogP contribution in [-0.2, 0) is 41.4 Å². The number of hydrogen-bond acceptors (Lipinski definition) is 14. The van der Waals surface area contributed by atoms with Crippen LogP contribution in [-0.4, -0.2) is 113 Å². The molecular weight excluding hydrogens is 991 g/mol. The number of nitrogens with zero attached hydrogens (tertiary/aromatic N) is 6. The molecule has 2 aliphatic rings. The average Bonchev–Trinajstić information content (AvgIpc) is 4.00. The van der Waals surface area contributed by atoms with Crippen LogP contribution in [0.25, 0.3) is 10.4 Å². The summed E-state index contributed by atoms with van der Waals surface area (Å²) in [6.45, 7) is 14.7. The Morgan fingerprint density at radius 1 is 1.03 bits per heavy atom. The molecular formula is C51H59F4N9O9S. The number of ether oxygens (including phenoxy) is 3. The number of alkyl halides is 3. The number of hydrogen-bond donors (Lipinski definition) is 4. The van der Waals surface area contributed by atoms with Crippen LogP contribution in [0.4, 0.5) is 28.9 Å². The number of nitriles is 1. The lowest BCUT2D eigenvalue weighted by Gasteiger charge is -2.35. The van der Waals surface area contributed by atoms with E-state index in [4.69, 9.17) is 19.9 Å². The molecule has 0 bridgehead atoms. The van der Waals surface area contributed by atoms with E-state index in [1.807, 2.05) is 31.2 Å². The van der Waals surface area contributed by atoms with Gasteiger partial charge in [0, 0.05) is 39.3 Å². The number of aliphatic hydroxyl groups is 1. The third kappa shape index (κ3) is 12.8. The zero-order valence-electron chi connectivity index (χ0n) is 41.8. The van der Waals surface area contributed by atoms with Crippen LogP contribution in [0, 0.1) is 29.5 Å². The van der Waals surface area contributed by atoms with Crippen LogP contribution in [0.2, 0.25) is 0 Å². The maximum atomic E-state index is 15.5. The van der Waals surface area contributed by atoms with Crippen LogP contribution < -0.4 is 30.9 Å². The summed E-state index contributed by atoms with van der Waals surface area (Å²) in [5, 5.41) is 25.4. The lowest BCUT2D eigenvalue weighted by molar-refractivity contribution is -0.144. The first kappa shape index (κ1) is 56.3. The minimum Gasteiger partial charge on any atom is -0.477 e. The Kier molecular flexibility index (Phi) is 17.9. The summed E-state index contributed by atoms with van der Waals surface area (Å²) in [6, 6.07) is 10.0. The van der Waals surface area contributed by atoms with Crippen LogP contribution in [0.3, 0.4) is 0 Å². The normalized spacial score (nSPS) is 17.1. The second-order valence-electron chi connectivity index (χ2n) is 19.3. The molecule has 2 saturated heterocycles. The number of rotatable bonds is 21. The molecule has 0 saturated carbocycles. The second kappa shape index (κ2) is 23.5. The molecule has 3 atom stereocenters. The highest BCUT2D eigenvalue weighted by Crippen LogP contribution is 2.44. The minimum absolute atomic E-state index is 0.0541. The van der Waals surface area contributed by atoms with Gasteiger partial charge in [-0.05, 0) is 74.8 Å². The predicted octanol–water partition coefficient (Wildman–Crippen LogP) is 6.14. The molecule has 0 aliphatic carbocycles. The number of halogens is 4. The fourth-order valence-electron chi connectivity index (χ4n) is 8.58. The first-order valence-corrected chi connectivity index (χ1v) is 24.5. The SMILES string of the molecule is C=C1N(c2ccc(C#N)c(C(F)(F)F)c2F)C(=O)C(C)(C)N1c1cnc(OCCCCOCCCOCC(=O)N[C@H](C(=O)N2C[C@H](O)C[C@H]2C(=O)NCc2ccc(-c3scnc3C)cc2)C(C)(C)C)c(C(N)=O)c1. The van der Waals surface area contributed by atoms with Gasteiger partial charge in [-0.1, -0.05) is 51.6 Å². The lowest BCUT2D eigenvalue weighted by Crippen LogP contribution is -2.58. The number of thiazole rings is 1. The predicted molar refractivity (Wildman–Crippen MR) is 265 cm³/mol. The largest absolute Gasteiger partial charge is 0.477 e. The minimum atomic E-state index is -5.24. The van der Waals surface area contributed by atoms with Crippen molar-refractivity contribution in [3.63, 3.8) is 0 Å². The Labute approximate surface area is 429 Å². The number of likely N-dealkylation sites (tertiary alicyclic amines) is 1. The highest BCUT2D eigenvalue weighted by molar-refractivity contribution is 7.13. The molecule has 4 aromatic rings. The molecule has 5 amide bonds. The van der Waals surface area contributed by atoms with Gasteiger partial charge in [0.25, 0.3) is 11.8 Å². The van der Waals surface area contributed by atoms with Crippen LogP contribution in [0.1, 0.15) is 93.0 Å². The summed E-state index contributed by atoms with van der Waals surface area (Å²) in [5.41, 5.74) is 4.27. The topological polar surface area (TPSA) is 243 Å². The van der Waals surface area contributed by atoms with Gasteiger partial charge < -0.3 is 45.5 Å². The van der Waals surface area contributed by atoms with Gasteiger partial charge in [0.05, 0.1) is 58.0 Å². The molecule has 4 heterocycles. The summed E-state index contributed by atoms with van der Waals surface area (Å²) < 4.78 is 73.9. The monoisotopic (exact) mass is 1050 g/mol. The van der Waals surface area contributed by atoms with Crippen molar-refractivity contribution in [2.45, 2.75) is 104 Å². The number of amides is 5. The van der Waals surface area contributed by atoms with Gasteiger partial charge in [0.1, 0.15) is 41.2 Å². The Bertz CT molecular complexity index is 2790. The molecule has 2 fully saturated rings. The first-order valence-electron chi connectivity index (χ1n) is 23.6. The van der Waals surface area contributed by atoms with Crippen molar-refractivity contribution in [2.24, 2.45) is 11.1 Å². The number of aliphatic hydroxyl groups excluding tert-OH is 1. The van der Waals surface area contributed by atoms with E-state index in [1.165, 1.54) is 42.0 Å². The number of β-amino-alcohol motifs (C(OH)–C–C–N with tert-alkyl or cyclic N) is 1. The highest BCUT2D eigenvalue weighted by Gasteiger charge is 2.51. The molecule has 396 valence electrons. The van der Waals surface area contributed by atoms with Gasteiger partial charge in [0.2, 0.25) is 23.6 Å². The van der Waals surface area contributed by atoms with Crippen molar-refractivity contribution >= 4 is 52.2 Å². The molecule has 0 radical (unpaired) electrons. The van der Waals surface area contributed by atoms with E-state index < -0.39 is 87.5 Å². The number of pyridine rings is 1. The van der Waals surface area contributed by atoms with Gasteiger partial charge in [0.15, 0.2) is 5.82 Å². The molecule has 5 N–H and O–H groups in total. The number of nitrogens with two attached hydrogens (primary N) is 1. The molecule has 23 heteroatoms. The van der Waals surface area contributed by atoms with Crippen LogP contribution in [0.15, 0.2) is 66.6 Å². The van der Waals surface area contributed by atoms with Crippen molar-refractivity contribution < 1.29 is 60.9 Å². The highest BCUT2D eigenvalue weighted by atomic mass is 32.1. The average molecular weight is 1050 g/mol. The summed E-state index contributed by atoms with van der Waals surface area (Å²) in [5.74, 6) is -5.44. The van der Waals surface area contributed by atoms with Gasteiger partial charge in [-0.2, -0.15) is 18.4 Å². The number of benzene rings is 2. The Balaban J connectivity index is 0.911. The number of aryl methyl sites for hydroxylation is 1. The van der Waals surface area contributed by atoms with Gasteiger partial charge >= 0.3 is 6.18 Å². The van der Waals surface area contributed by atoms with Crippen molar-refractivity contribution in [1.29, 1.82) is 5.26 Å². The second-order valence-corrected chi connectivity index (χ2v) is 20.2. The number of primary amides is 1. The van der Waals surface area contributed by atoms with Crippen molar-refractivity contribution in [2.75, 3.05) is 49.4 Å².